The average Bonchev–Trinajstić information content (AvgIpc) is 3.27. The van der Waals surface area contributed by atoms with Crippen molar-refractivity contribution in [1.82, 2.24) is 25.0 Å². The number of aryl methyl sites for hydroxylation is 3. The van der Waals surface area contributed by atoms with E-state index >= 15 is 0 Å². The third-order valence-electron chi connectivity index (χ3n) is 6.32. The van der Waals surface area contributed by atoms with Crippen LogP contribution in [-0.4, -0.2) is 51.7 Å². The van der Waals surface area contributed by atoms with E-state index in [9.17, 15) is 9.59 Å². The molecule has 0 saturated heterocycles. The van der Waals surface area contributed by atoms with Gasteiger partial charge in [-0.1, -0.05) is 19.1 Å². The van der Waals surface area contributed by atoms with Crippen molar-refractivity contribution in [2.75, 3.05) is 20.3 Å². The van der Waals surface area contributed by atoms with Crippen LogP contribution >= 0.6 is 0 Å². The Bertz CT molecular complexity index is 1240. The summed E-state index contributed by atoms with van der Waals surface area (Å²) in [5, 5.41) is 7.37. The molecule has 0 spiro atoms. The van der Waals surface area contributed by atoms with Gasteiger partial charge < -0.3 is 19.7 Å². The molecule has 1 aliphatic rings. The zero-order chi connectivity index (χ0) is 24.9. The summed E-state index contributed by atoms with van der Waals surface area (Å²) in [6, 6.07) is 9.08. The van der Waals surface area contributed by atoms with Gasteiger partial charge in [0.05, 0.1) is 12.8 Å². The number of nitrogens with one attached hydrogen (secondary N) is 1. The van der Waals surface area contributed by atoms with Gasteiger partial charge in [-0.15, -0.1) is 0 Å². The molecule has 9 heteroatoms. The van der Waals surface area contributed by atoms with Gasteiger partial charge in [-0.05, 0) is 54.7 Å². The predicted octanol–water partition coefficient (Wildman–Crippen LogP) is 2.59. The Labute approximate surface area is 205 Å². The van der Waals surface area contributed by atoms with Crippen LogP contribution in [0.15, 0.2) is 36.5 Å². The van der Waals surface area contributed by atoms with Gasteiger partial charge in [-0.2, -0.15) is 5.10 Å². The minimum absolute atomic E-state index is 0.0671. The largest absolute Gasteiger partial charge is 0.493 e. The van der Waals surface area contributed by atoms with Gasteiger partial charge >= 0.3 is 0 Å². The first-order valence-corrected chi connectivity index (χ1v) is 11.7. The van der Waals surface area contributed by atoms with Crippen LogP contribution in [0.2, 0.25) is 0 Å². The number of hydrogen-bond acceptors (Lipinski definition) is 6. The van der Waals surface area contributed by atoms with Gasteiger partial charge in [0.2, 0.25) is 0 Å². The number of rotatable bonds is 8. The molecule has 0 unspecified atom stereocenters. The molecule has 0 bridgehead atoms. The van der Waals surface area contributed by atoms with Crippen molar-refractivity contribution in [3.05, 3.63) is 70.3 Å². The number of ether oxygens (including phenoxy) is 2. The topological polar surface area (TPSA) is 98.6 Å². The molecule has 1 aromatic carbocycles. The Morgan fingerprint density at radius 1 is 1.20 bits per heavy atom. The third kappa shape index (κ3) is 5.29. The van der Waals surface area contributed by atoms with E-state index in [0.717, 1.165) is 34.5 Å². The molecule has 1 N–H and O–H groups in total. The first kappa shape index (κ1) is 24.3. The Kier molecular flexibility index (Phi) is 7.33. The fourth-order valence-electron chi connectivity index (χ4n) is 4.31. The number of amides is 2. The number of pyridine rings is 1. The van der Waals surface area contributed by atoms with Gasteiger partial charge in [0.25, 0.3) is 11.8 Å². The van der Waals surface area contributed by atoms with Crippen molar-refractivity contribution in [2.45, 2.75) is 39.8 Å². The zero-order valence-corrected chi connectivity index (χ0v) is 20.6. The minimum Gasteiger partial charge on any atom is -0.493 e. The monoisotopic (exact) mass is 477 g/mol. The van der Waals surface area contributed by atoms with Crippen molar-refractivity contribution in [1.29, 1.82) is 0 Å². The number of para-hydroxylation sites is 2. The summed E-state index contributed by atoms with van der Waals surface area (Å²) in [7, 11) is 3.34. The number of carbonyl (C=O) groups is 2. The maximum atomic E-state index is 12.8. The minimum atomic E-state index is -0.169. The van der Waals surface area contributed by atoms with Crippen molar-refractivity contribution in [2.24, 2.45) is 7.05 Å². The van der Waals surface area contributed by atoms with E-state index in [0.29, 0.717) is 43.2 Å². The van der Waals surface area contributed by atoms with E-state index in [4.69, 9.17) is 9.47 Å². The van der Waals surface area contributed by atoms with Gasteiger partial charge in [0.15, 0.2) is 18.1 Å². The van der Waals surface area contributed by atoms with Crippen molar-refractivity contribution in [3.8, 4) is 11.5 Å². The first-order chi connectivity index (χ1) is 16.9. The molecule has 184 valence electrons. The Morgan fingerprint density at radius 3 is 2.69 bits per heavy atom. The lowest BCUT2D eigenvalue weighted by molar-refractivity contribution is -0.134. The molecular weight excluding hydrogens is 446 g/mol. The summed E-state index contributed by atoms with van der Waals surface area (Å²) >= 11 is 0. The smallest absolute Gasteiger partial charge is 0.269 e. The fraction of sp³-hybridized carbons (Fsp3) is 0.385. The molecule has 9 nitrogen and oxygen atoms in total. The summed E-state index contributed by atoms with van der Waals surface area (Å²) in [5.41, 5.74) is 5.43. The van der Waals surface area contributed by atoms with Crippen molar-refractivity contribution in [3.63, 3.8) is 0 Å². The quantitative estimate of drug-likeness (QED) is 0.536. The van der Waals surface area contributed by atoms with E-state index in [1.807, 2.05) is 38.2 Å². The van der Waals surface area contributed by atoms with E-state index in [2.05, 4.69) is 15.4 Å². The van der Waals surface area contributed by atoms with Crippen molar-refractivity contribution < 1.29 is 19.1 Å². The lowest BCUT2D eigenvalue weighted by Gasteiger charge is -2.30. The molecule has 0 saturated carbocycles. The van der Waals surface area contributed by atoms with E-state index in [1.165, 1.54) is 0 Å². The molecule has 3 heterocycles. The molecule has 0 fully saturated rings. The highest BCUT2D eigenvalue weighted by molar-refractivity contribution is 5.92. The van der Waals surface area contributed by atoms with Gasteiger partial charge in [-0.3, -0.25) is 19.3 Å². The van der Waals surface area contributed by atoms with Crippen LogP contribution < -0.4 is 14.8 Å². The van der Waals surface area contributed by atoms with Crippen LogP contribution in [0, 0.1) is 6.92 Å². The molecule has 35 heavy (non-hydrogen) atoms. The number of aromatic nitrogens is 3. The normalized spacial score (nSPS) is 12.7. The maximum Gasteiger partial charge on any atom is 0.269 e. The lowest BCUT2D eigenvalue weighted by atomic mass is 9.95. The van der Waals surface area contributed by atoms with Crippen LogP contribution in [0.4, 0.5) is 0 Å². The predicted molar refractivity (Wildman–Crippen MR) is 130 cm³/mol. The van der Waals surface area contributed by atoms with Crippen molar-refractivity contribution >= 4 is 11.8 Å². The second-order valence-electron chi connectivity index (χ2n) is 8.51. The summed E-state index contributed by atoms with van der Waals surface area (Å²) in [4.78, 5) is 31.9. The average molecular weight is 478 g/mol. The molecule has 0 aliphatic carbocycles. The second kappa shape index (κ2) is 10.6. The van der Waals surface area contributed by atoms with Crippen LogP contribution in [0.5, 0.6) is 11.5 Å². The van der Waals surface area contributed by atoms with Gasteiger partial charge in [0, 0.05) is 38.6 Å². The molecule has 2 aromatic heterocycles. The standard InChI is InChI=1S/C26H31N5O4/c1-5-19-12-22(30(3)29-19)26(33)28-14-21-17(2)27-13-18-15-31(11-10-20(18)21)25(32)16-35-24-9-7-6-8-23(24)34-4/h6-9,12-13H,5,10-11,14-16H2,1-4H3,(H,28,33). The highest BCUT2D eigenvalue weighted by Crippen LogP contribution is 2.27. The summed E-state index contributed by atoms with van der Waals surface area (Å²) < 4.78 is 12.6. The van der Waals surface area contributed by atoms with Gasteiger partial charge in [-0.25, -0.2) is 0 Å². The number of methoxy groups -OCH3 is 1. The number of nitrogens with zero attached hydrogens (tertiary/aromatic N) is 4. The van der Waals surface area contributed by atoms with Crippen LogP contribution in [0.1, 0.15) is 45.5 Å². The van der Waals surface area contributed by atoms with Gasteiger partial charge in [0.1, 0.15) is 5.69 Å². The molecule has 2 amide bonds. The maximum absolute atomic E-state index is 12.8. The zero-order valence-electron chi connectivity index (χ0n) is 20.6. The van der Waals surface area contributed by atoms with Crippen LogP contribution in [-0.2, 0) is 37.8 Å². The molecule has 1 aliphatic heterocycles. The highest BCUT2D eigenvalue weighted by Gasteiger charge is 2.25. The summed E-state index contributed by atoms with van der Waals surface area (Å²) in [6.45, 7) is 5.29. The SMILES string of the molecule is CCc1cc(C(=O)NCc2c(C)ncc3c2CCN(C(=O)COc2ccccc2OC)C3)n(C)n1. The second-order valence-corrected chi connectivity index (χ2v) is 8.51. The molecule has 4 rings (SSSR count). The van der Waals surface area contributed by atoms with Crippen LogP contribution in [0.3, 0.4) is 0 Å². The fourth-order valence-corrected chi connectivity index (χ4v) is 4.31. The Balaban J connectivity index is 1.41. The highest BCUT2D eigenvalue weighted by atomic mass is 16.5. The Hall–Kier alpha value is -3.88. The Morgan fingerprint density at radius 2 is 1.97 bits per heavy atom. The molecule has 3 aromatic rings. The van der Waals surface area contributed by atoms with E-state index in [-0.39, 0.29) is 18.4 Å². The van der Waals surface area contributed by atoms with E-state index in [1.54, 1.807) is 35.9 Å². The first-order valence-electron chi connectivity index (χ1n) is 11.7. The summed E-state index contributed by atoms with van der Waals surface area (Å²) in [5.74, 6) is 0.862. The van der Waals surface area contributed by atoms with E-state index < -0.39 is 0 Å². The third-order valence-corrected chi connectivity index (χ3v) is 6.32. The summed E-state index contributed by atoms with van der Waals surface area (Å²) in [6.07, 6.45) is 3.29. The number of fused-ring (bicyclic) bond motifs is 1. The molecular formula is C26H31N5O4. The molecule has 0 atom stereocenters. The number of carbonyl (C=O) groups excluding carboxylic acids is 2. The molecule has 0 radical (unpaired) electrons. The number of benzene rings is 1. The lowest BCUT2D eigenvalue weighted by Crippen LogP contribution is -2.39. The number of hydrogen-bond donors (Lipinski definition) is 1. The van der Waals surface area contributed by atoms with Crippen LogP contribution in [0.25, 0.3) is 0 Å².